The van der Waals surface area contributed by atoms with Crippen LogP contribution in [0.15, 0.2) is 87.3 Å². The molecule has 0 saturated carbocycles. The van der Waals surface area contributed by atoms with E-state index in [1.807, 2.05) is 68.4 Å². The number of aryl methyl sites for hydroxylation is 1. The van der Waals surface area contributed by atoms with Crippen LogP contribution in [0.3, 0.4) is 0 Å². The number of benzene rings is 3. The number of rotatable bonds is 5. The van der Waals surface area contributed by atoms with E-state index in [-0.39, 0.29) is 4.90 Å². The highest BCUT2D eigenvalue weighted by molar-refractivity contribution is 9.10. The standard InChI is InChI=1S/C23H20BrN3O2S/c1-16-13-20(17(2)27(16)22-10-8-21(24)9-11-22)15-25-26-30(28,29)23-12-7-18-5-3-4-6-19(18)14-23/h3-15,26H,1-2H3. The maximum atomic E-state index is 12.6. The third-order valence-electron chi connectivity index (χ3n) is 4.96. The molecule has 0 saturated heterocycles. The minimum Gasteiger partial charge on any atom is -0.318 e. The molecule has 3 aromatic carbocycles. The number of hydrazone groups is 1. The van der Waals surface area contributed by atoms with Gasteiger partial charge in [0.1, 0.15) is 0 Å². The predicted molar refractivity (Wildman–Crippen MR) is 125 cm³/mol. The Bertz CT molecular complexity index is 1360. The van der Waals surface area contributed by atoms with Crippen molar-refractivity contribution in [2.75, 3.05) is 0 Å². The number of hydrogen-bond acceptors (Lipinski definition) is 3. The molecule has 0 aliphatic rings. The van der Waals surface area contributed by atoms with Crippen LogP contribution in [0.5, 0.6) is 0 Å². The lowest BCUT2D eigenvalue weighted by molar-refractivity contribution is 0.585. The lowest BCUT2D eigenvalue weighted by Gasteiger charge is -2.09. The van der Waals surface area contributed by atoms with Crippen molar-refractivity contribution in [2.45, 2.75) is 18.7 Å². The zero-order valence-corrected chi connectivity index (χ0v) is 18.9. The SMILES string of the molecule is Cc1cc(C=NNS(=O)(=O)c2ccc3ccccc3c2)c(C)n1-c1ccc(Br)cc1. The summed E-state index contributed by atoms with van der Waals surface area (Å²) >= 11 is 3.45. The zero-order chi connectivity index (χ0) is 21.3. The van der Waals surface area contributed by atoms with Gasteiger partial charge in [-0.15, -0.1) is 0 Å². The van der Waals surface area contributed by atoms with Gasteiger partial charge in [0.15, 0.2) is 0 Å². The van der Waals surface area contributed by atoms with E-state index in [9.17, 15) is 8.42 Å². The van der Waals surface area contributed by atoms with Crippen molar-refractivity contribution in [3.05, 3.63) is 94.2 Å². The fourth-order valence-electron chi connectivity index (χ4n) is 3.46. The van der Waals surface area contributed by atoms with Crippen LogP contribution in [0.25, 0.3) is 16.5 Å². The average molecular weight is 482 g/mol. The number of fused-ring (bicyclic) bond motifs is 1. The van der Waals surface area contributed by atoms with Gasteiger partial charge in [0, 0.05) is 27.1 Å². The second-order valence-electron chi connectivity index (χ2n) is 7.00. The Balaban J connectivity index is 1.58. The fraction of sp³-hybridized carbons (Fsp3) is 0.0870. The zero-order valence-electron chi connectivity index (χ0n) is 16.5. The van der Waals surface area contributed by atoms with Gasteiger partial charge in [0.25, 0.3) is 10.0 Å². The molecule has 5 nitrogen and oxygen atoms in total. The molecule has 0 atom stereocenters. The van der Waals surface area contributed by atoms with Gasteiger partial charge in [-0.2, -0.15) is 13.5 Å². The van der Waals surface area contributed by atoms with Crippen LogP contribution in [-0.2, 0) is 10.0 Å². The van der Waals surface area contributed by atoms with E-state index in [1.54, 1.807) is 18.2 Å². The normalized spacial score (nSPS) is 12.0. The summed E-state index contributed by atoms with van der Waals surface area (Å²) in [6.45, 7) is 3.99. The number of nitrogens with one attached hydrogen (secondary N) is 1. The van der Waals surface area contributed by atoms with Crippen LogP contribution < -0.4 is 4.83 Å². The van der Waals surface area contributed by atoms with Crippen molar-refractivity contribution >= 4 is 42.9 Å². The molecule has 1 aromatic heterocycles. The lowest BCUT2D eigenvalue weighted by atomic mass is 10.1. The second-order valence-corrected chi connectivity index (χ2v) is 9.58. The Morgan fingerprint density at radius 3 is 2.37 bits per heavy atom. The fourth-order valence-corrected chi connectivity index (χ4v) is 4.55. The highest BCUT2D eigenvalue weighted by Gasteiger charge is 2.14. The summed E-state index contributed by atoms with van der Waals surface area (Å²) in [4.78, 5) is 2.50. The van der Waals surface area contributed by atoms with Gasteiger partial charge in [0.2, 0.25) is 0 Å². The first-order valence-electron chi connectivity index (χ1n) is 9.34. The smallest absolute Gasteiger partial charge is 0.276 e. The first-order valence-corrected chi connectivity index (χ1v) is 11.6. The Kier molecular flexibility index (Phi) is 5.49. The third kappa shape index (κ3) is 4.04. The number of hydrogen-bond donors (Lipinski definition) is 1. The van der Waals surface area contributed by atoms with E-state index in [4.69, 9.17) is 0 Å². The van der Waals surface area contributed by atoms with Gasteiger partial charge in [0.05, 0.1) is 11.1 Å². The highest BCUT2D eigenvalue weighted by atomic mass is 79.9. The van der Waals surface area contributed by atoms with Gasteiger partial charge in [-0.25, -0.2) is 4.83 Å². The first-order chi connectivity index (χ1) is 14.3. The number of aromatic nitrogens is 1. The Morgan fingerprint density at radius 1 is 0.933 bits per heavy atom. The monoisotopic (exact) mass is 481 g/mol. The summed E-state index contributed by atoms with van der Waals surface area (Å²) in [7, 11) is -3.75. The number of halogens is 1. The molecule has 0 aliphatic carbocycles. The molecule has 0 fully saturated rings. The molecule has 1 heterocycles. The largest absolute Gasteiger partial charge is 0.318 e. The summed E-state index contributed by atoms with van der Waals surface area (Å²) < 4.78 is 28.4. The van der Waals surface area contributed by atoms with Crippen LogP contribution in [0, 0.1) is 13.8 Å². The highest BCUT2D eigenvalue weighted by Crippen LogP contribution is 2.22. The molecule has 152 valence electrons. The van der Waals surface area contributed by atoms with Crippen molar-refractivity contribution in [1.82, 2.24) is 9.40 Å². The van der Waals surface area contributed by atoms with Crippen molar-refractivity contribution < 1.29 is 8.42 Å². The maximum Gasteiger partial charge on any atom is 0.276 e. The van der Waals surface area contributed by atoms with Gasteiger partial charge < -0.3 is 4.57 Å². The van der Waals surface area contributed by atoms with E-state index in [2.05, 4.69) is 30.4 Å². The minimum absolute atomic E-state index is 0.179. The molecule has 0 aliphatic heterocycles. The van der Waals surface area contributed by atoms with E-state index < -0.39 is 10.0 Å². The Morgan fingerprint density at radius 2 is 1.63 bits per heavy atom. The number of sulfonamides is 1. The van der Waals surface area contributed by atoms with Crippen molar-refractivity contribution in [3.63, 3.8) is 0 Å². The van der Waals surface area contributed by atoms with Crippen molar-refractivity contribution in [1.29, 1.82) is 0 Å². The summed E-state index contributed by atoms with van der Waals surface area (Å²) in [5.74, 6) is 0. The molecule has 0 amide bonds. The van der Waals surface area contributed by atoms with Gasteiger partial charge in [-0.05, 0) is 67.1 Å². The molecule has 30 heavy (non-hydrogen) atoms. The summed E-state index contributed by atoms with van der Waals surface area (Å²) in [5.41, 5.74) is 3.89. The Labute approximate surface area is 184 Å². The molecule has 0 bridgehead atoms. The summed E-state index contributed by atoms with van der Waals surface area (Å²) in [5, 5.41) is 5.86. The molecule has 4 aromatic rings. The van der Waals surface area contributed by atoms with Crippen LogP contribution in [0.4, 0.5) is 0 Å². The molecule has 4 rings (SSSR count). The van der Waals surface area contributed by atoms with E-state index in [0.717, 1.165) is 37.9 Å². The predicted octanol–water partition coefficient (Wildman–Crippen LogP) is 5.32. The molecular formula is C23H20BrN3O2S. The third-order valence-corrected chi connectivity index (χ3v) is 6.71. The van der Waals surface area contributed by atoms with E-state index in [0.29, 0.717) is 0 Å². The molecular weight excluding hydrogens is 462 g/mol. The molecule has 7 heteroatoms. The lowest BCUT2D eigenvalue weighted by Crippen LogP contribution is -2.18. The molecule has 0 spiro atoms. The molecule has 0 radical (unpaired) electrons. The van der Waals surface area contributed by atoms with Crippen LogP contribution >= 0.6 is 15.9 Å². The van der Waals surface area contributed by atoms with Crippen molar-refractivity contribution in [2.24, 2.45) is 5.10 Å². The average Bonchev–Trinajstić information content (AvgIpc) is 3.01. The molecule has 0 unspecified atom stereocenters. The minimum atomic E-state index is -3.75. The van der Waals surface area contributed by atoms with Crippen LogP contribution in [-0.4, -0.2) is 19.2 Å². The maximum absolute atomic E-state index is 12.6. The van der Waals surface area contributed by atoms with Crippen molar-refractivity contribution in [3.8, 4) is 5.69 Å². The second kappa shape index (κ2) is 8.08. The summed E-state index contributed by atoms with van der Waals surface area (Å²) in [6.07, 6.45) is 1.54. The van der Waals surface area contributed by atoms with Gasteiger partial charge in [-0.3, -0.25) is 0 Å². The quantitative estimate of drug-likeness (QED) is 0.309. The number of nitrogens with zero attached hydrogens (tertiary/aromatic N) is 2. The van der Waals surface area contributed by atoms with Gasteiger partial charge >= 0.3 is 0 Å². The Hall–Kier alpha value is -2.90. The van der Waals surface area contributed by atoms with Crippen LogP contribution in [0.2, 0.25) is 0 Å². The van der Waals surface area contributed by atoms with Gasteiger partial charge in [-0.1, -0.05) is 46.3 Å². The van der Waals surface area contributed by atoms with E-state index in [1.165, 1.54) is 6.21 Å². The van der Waals surface area contributed by atoms with Crippen LogP contribution in [0.1, 0.15) is 17.0 Å². The topological polar surface area (TPSA) is 63.5 Å². The molecule has 1 N–H and O–H groups in total. The summed E-state index contributed by atoms with van der Waals surface area (Å²) in [6, 6.07) is 22.6. The van der Waals surface area contributed by atoms with E-state index >= 15 is 0 Å². The first kappa shape index (κ1) is 20.4.